The van der Waals surface area contributed by atoms with Crippen LogP contribution in [0.4, 0.5) is 4.79 Å². The molecule has 5 nitrogen and oxygen atoms in total. The molecule has 0 aliphatic carbocycles. The molecule has 1 rings (SSSR count). The summed E-state index contributed by atoms with van der Waals surface area (Å²) in [4.78, 5) is 24.1. The van der Waals surface area contributed by atoms with Crippen LogP contribution in [0.1, 0.15) is 33.6 Å². The first-order valence-electron chi connectivity index (χ1n) is 5.46. The van der Waals surface area contributed by atoms with Gasteiger partial charge < -0.3 is 9.84 Å². The molecule has 1 heterocycles. The number of carboxylic acid groups (broad SMARTS) is 1. The van der Waals surface area contributed by atoms with Crippen LogP contribution >= 0.6 is 0 Å². The molecule has 0 saturated carbocycles. The number of hydrogen-bond acceptors (Lipinski definition) is 3. The highest BCUT2D eigenvalue weighted by Gasteiger charge is 2.42. The Labute approximate surface area is 101 Å². The fraction of sp³-hybridized carbons (Fsp3) is 0.667. The number of carboxylic acids is 1. The zero-order valence-corrected chi connectivity index (χ0v) is 10.3. The number of rotatable bonds is 1. The summed E-state index contributed by atoms with van der Waals surface area (Å²) in [5.41, 5.74) is -0.665. The van der Waals surface area contributed by atoms with Gasteiger partial charge in [-0.25, -0.2) is 9.59 Å². The van der Waals surface area contributed by atoms with Gasteiger partial charge in [-0.15, -0.1) is 6.42 Å². The van der Waals surface area contributed by atoms with E-state index in [0.717, 1.165) is 4.90 Å². The van der Waals surface area contributed by atoms with Gasteiger partial charge in [0.1, 0.15) is 11.6 Å². The first-order valence-corrected chi connectivity index (χ1v) is 5.46. The van der Waals surface area contributed by atoms with Crippen molar-refractivity contribution in [2.45, 2.75) is 51.3 Å². The van der Waals surface area contributed by atoms with E-state index in [1.165, 1.54) is 0 Å². The Morgan fingerprint density at radius 3 is 2.41 bits per heavy atom. The van der Waals surface area contributed by atoms with E-state index in [4.69, 9.17) is 16.3 Å². The summed E-state index contributed by atoms with van der Waals surface area (Å²) >= 11 is 0. The predicted molar refractivity (Wildman–Crippen MR) is 61.4 cm³/mol. The molecule has 0 aromatic heterocycles. The molecule has 0 aromatic carbocycles. The maximum Gasteiger partial charge on any atom is 0.412 e. The van der Waals surface area contributed by atoms with Gasteiger partial charge in [0.2, 0.25) is 0 Å². The second-order valence-corrected chi connectivity index (χ2v) is 5.00. The molecule has 1 aliphatic rings. The Morgan fingerprint density at radius 2 is 2.00 bits per heavy atom. The number of aliphatic carboxylic acids is 1. The van der Waals surface area contributed by atoms with Gasteiger partial charge in [0.25, 0.3) is 0 Å². The average Bonchev–Trinajstić information content (AvgIpc) is 2.57. The van der Waals surface area contributed by atoms with Gasteiger partial charge in [-0.1, -0.05) is 5.92 Å². The summed E-state index contributed by atoms with van der Waals surface area (Å²) in [5.74, 6) is 1.38. The minimum absolute atomic E-state index is 0.365. The van der Waals surface area contributed by atoms with Crippen molar-refractivity contribution in [1.29, 1.82) is 0 Å². The molecule has 0 unspecified atom stereocenters. The maximum absolute atomic E-state index is 11.9. The summed E-state index contributed by atoms with van der Waals surface area (Å²) in [6.07, 6.45) is 5.49. The van der Waals surface area contributed by atoms with Crippen molar-refractivity contribution in [1.82, 2.24) is 4.90 Å². The fourth-order valence-corrected chi connectivity index (χ4v) is 1.79. The van der Waals surface area contributed by atoms with E-state index in [9.17, 15) is 9.59 Å². The second-order valence-electron chi connectivity index (χ2n) is 5.00. The van der Waals surface area contributed by atoms with Crippen molar-refractivity contribution in [2.24, 2.45) is 0 Å². The first kappa shape index (κ1) is 13.4. The molecule has 5 heteroatoms. The Bertz CT molecular complexity index is 364. The van der Waals surface area contributed by atoms with E-state index in [1.807, 2.05) is 0 Å². The van der Waals surface area contributed by atoms with E-state index in [-0.39, 0.29) is 0 Å². The second kappa shape index (κ2) is 4.66. The molecule has 1 amide bonds. The van der Waals surface area contributed by atoms with E-state index in [0.29, 0.717) is 12.8 Å². The van der Waals surface area contributed by atoms with Crippen molar-refractivity contribution in [3.8, 4) is 12.3 Å². The lowest BCUT2D eigenvalue weighted by Gasteiger charge is -2.29. The first-order chi connectivity index (χ1) is 7.76. The molecule has 0 radical (unpaired) electrons. The van der Waals surface area contributed by atoms with Crippen molar-refractivity contribution >= 4 is 12.1 Å². The Balaban J connectivity index is 2.86. The lowest BCUT2D eigenvalue weighted by molar-refractivity contribution is -0.142. The third-order valence-corrected chi connectivity index (χ3v) is 2.47. The number of ether oxygens (including phenoxy) is 1. The summed E-state index contributed by atoms with van der Waals surface area (Å²) in [7, 11) is 0. The van der Waals surface area contributed by atoms with E-state index in [1.54, 1.807) is 20.8 Å². The molecular formula is C12H17NO4. The molecule has 94 valence electrons. The molecule has 0 bridgehead atoms. The van der Waals surface area contributed by atoms with Crippen LogP contribution in [0.5, 0.6) is 0 Å². The van der Waals surface area contributed by atoms with Gasteiger partial charge >= 0.3 is 12.1 Å². The van der Waals surface area contributed by atoms with Gasteiger partial charge in [-0.2, -0.15) is 0 Å². The summed E-state index contributed by atoms with van der Waals surface area (Å²) in [5, 5.41) is 9.03. The molecule has 17 heavy (non-hydrogen) atoms. The molecule has 1 aliphatic heterocycles. The molecule has 1 saturated heterocycles. The standard InChI is InChI=1S/C12H17NO4/c1-5-8-6-7-9(10(14)15)13(8)11(16)17-12(2,3)4/h1,8-9H,6-7H2,2-4H3,(H,14,15)/t8-,9+/m1/s1. The lowest BCUT2D eigenvalue weighted by atomic mass is 10.2. The number of terminal acetylenes is 1. The molecule has 1 fully saturated rings. The average molecular weight is 239 g/mol. The Hall–Kier alpha value is -1.70. The van der Waals surface area contributed by atoms with Gasteiger partial charge in [0.15, 0.2) is 0 Å². The molecule has 0 spiro atoms. The van der Waals surface area contributed by atoms with Crippen LogP contribution in [-0.4, -0.2) is 39.8 Å². The molecule has 1 N–H and O–H groups in total. The predicted octanol–water partition coefficient (Wildman–Crippen LogP) is 1.47. The molecule has 2 atom stereocenters. The summed E-state index contributed by atoms with van der Waals surface area (Å²) in [6, 6.07) is -1.38. The SMILES string of the molecule is C#C[C@@H]1CC[C@@H](C(=O)O)N1C(=O)OC(C)(C)C. The number of amides is 1. The smallest absolute Gasteiger partial charge is 0.412 e. The summed E-state index contributed by atoms with van der Waals surface area (Å²) < 4.78 is 5.16. The fourth-order valence-electron chi connectivity index (χ4n) is 1.79. The zero-order chi connectivity index (χ0) is 13.2. The summed E-state index contributed by atoms with van der Waals surface area (Å²) in [6.45, 7) is 5.17. The number of carbonyl (C=O) groups is 2. The Morgan fingerprint density at radius 1 is 1.41 bits per heavy atom. The number of carbonyl (C=O) groups excluding carboxylic acids is 1. The third-order valence-electron chi connectivity index (χ3n) is 2.47. The van der Waals surface area contributed by atoms with Crippen molar-refractivity contribution in [3.63, 3.8) is 0 Å². The normalized spacial score (nSPS) is 24.2. The van der Waals surface area contributed by atoms with Crippen LogP contribution < -0.4 is 0 Å². The third kappa shape index (κ3) is 3.13. The lowest BCUT2D eigenvalue weighted by Crippen LogP contribution is -2.46. The van der Waals surface area contributed by atoms with Gasteiger partial charge in [-0.05, 0) is 33.6 Å². The topological polar surface area (TPSA) is 66.8 Å². The van der Waals surface area contributed by atoms with Crippen LogP contribution in [0, 0.1) is 12.3 Å². The van der Waals surface area contributed by atoms with Gasteiger partial charge in [0, 0.05) is 0 Å². The highest BCUT2D eigenvalue weighted by Crippen LogP contribution is 2.26. The van der Waals surface area contributed by atoms with E-state index >= 15 is 0 Å². The van der Waals surface area contributed by atoms with E-state index in [2.05, 4.69) is 5.92 Å². The highest BCUT2D eigenvalue weighted by molar-refractivity contribution is 5.81. The number of hydrogen-bond donors (Lipinski definition) is 1. The van der Waals surface area contributed by atoms with Gasteiger partial charge in [0.05, 0.1) is 6.04 Å². The minimum atomic E-state index is -1.05. The van der Waals surface area contributed by atoms with Crippen molar-refractivity contribution in [2.75, 3.05) is 0 Å². The van der Waals surface area contributed by atoms with Crippen LogP contribution in [0.2, 0.25) is 0 Å². The van der Waals surface area contributed by atoms with Crippen LogP contribution in [0.3, 0.4) is 0 Å². The quantitative estimate of drug-likeness (QED) is 0.704. The van der Waals surface area contributed by atoms with Crippen molar-refractivity contribution < 1.29 is 19.4 Å². The minimum Gasteiger partial charge on any atom is -0.480 e. The highest BCUT2D eigenvalue weighted by atomic mass is 16.6. The molecule has 0 aromatic rings. The van der Waals surface area contributed by atoms with Crippen LogP contribution in [0.25, 0.3) is 0 Å². The maximum atomic E-state index is 11.9. The Kier molecular flexibility index (Phi) is 3.66. The van der Waals surface area contributed by atoms with Crippen molar-refractivity contribution in [3.05, 3.63) is 0 Å². The van der Waals surface area contributed by atoms with Gasteiger partial charge in [-0.3, -0.25) is 4.90 Å². The molecular weight excluding hydrogens is 222 g/mol. The monoisotopic (exact) mass is 239 g/mol. The zero-order valence-electron chi connectivity index (χ0n) is 10.3. The van der Waals surface area contributed by atoms with Crippen LogP contribution in [-0.2, 0) is 9.53 Å². The number of likely N-dealkylation sites (tertiary alicyclic amines) is 1. The largest absolute Gasteiger partial charge is 0.480 e. The van der Waals surface area contributed by atoms with Crippen LogP contribution in [0.15, 0.2) is 0 Å². The number of nitrogens with zero attached hydrogens (tertiary/aromatic N) is 1. The van der Waals surface area contributed by atoms with E-state index < -0.39 is 29.7 Å².